The smallest absolute Gasteiger partial charge is 0.131 e. The lowest BCUT2D eigenvalue weighted by molar-refractivity contribution is 0.474. The molecule has 4 heteroatoms. The first-order valence-electron chi connectivity index (χ1n) is 4.52. The molecule has 1 nitrogen and oxygen atoms in total. The highest BCUT2D eigenvalue weighted by atomic mass is 79.9. The quantitative estimate of drug-likeness (QED) is 0.836. The second-order valence-electron chi connectivity index (χ2n) is 3.29. The van der Waals surface area contributed by atoms with Crippen molar-refractivity contribution in [3.63, 3.8) is 0 Å². The summed E-state index contributed by atoms with van der Waals surface area (Å²) in [6.45, 7) is 0. The number of benzene rings is 2. The van der Waals surface area contributed by atoms with Gasteiger partial charge in [-0.1, -0.05) is 15.9 Å². The molecule has 82 valence electrons. The van der Waals surface area contributed by atoms with Gasteiger partial charge >= 0.3 is 0 Å². The van der Waals surface area contributed by atoms with Crippen molar-refractivity contribution in [2.45, 2.75) is 0 Å². The normalized spacial score (nSPS) is 10.4. The minimum absolute atomic E-state index is 0.138. The van der Waals surface area contributed by atoms with Gasteiger partial charge in [0, 0.05) is 15.6 Å². The number of hydrogen-bond donors (Lipinski definition) is 1. The fourth-order valence-corrected chi connectivity index (χ4v) is 1.79. The maximum absolute atomic E-state index is 13.5. The molecular formula is C12H7BrF2O. The maximum atomic E-state index is 13.5. The average molecular weight is 285 g/mol. The van der Waals surface area contributed by atoms with E-state index in [0.717, 1.165) is 12.1 Å². The molecule has 0 spiro atoms. The summed E-state index contributed by atoms with van der Waals surface area (Å²) < 4.78 is 27.2. The Kier molecular flexibility index (Phi) is 2.92. The third-order valence-electron chi connectivity index (χ3n) is 2.18. The summed E-state index contributed by atoms with van der Waals surface area (Å²) in [4.78, 5) is 0. The highest BCUT2D eigenvalue weighted by molar-refractivity contribution is 9.10. The topological polar surface area (TPSA) is 20.2 Å². The second kappa shape index (κ2) is 4.22. The minimum atomic E-state index is -0.521. The summed E-state index contributed by atoms with van der Waals surface area (Å²) in [5.74, 6) is -1.19. The molecule has 0 fully saturated rings. The Bertz CT molecular complexity index is 491. The molecule has 0 aliphatic heterocycles. The van der Waals surface area contributed by atoms with Crippen molar-refractivity contribution in [3.05, 3.63) is 52.5 Å². The summed E-state index contributed by atoms with van der Waals surface area (Å²) >= 11 is 3.19. The average Bonchev–Trinajstić information content (AvgIpc) is 2.25. The highest BCUT2D eigenvalue weighted by Gasteiger charge is 2.10. The van der Waals surface area contributed by atoms with Crippen LogP contribution in [0.15, 0.2) is 40.9 Å². The Morgan fingerprint density at radius 3 is 2.44 bits per heavy atom. The largest absolute Gasteiger partial charge is 0.507 e. The molecule has 1 N–H and O–H groups in total. The van der Waals surface area contributed by atoms with Gasteiger partial charge in [0.15, 0.2) is 0 Å². The number of halogens is 3. The van der Waals surface area contributed by atoms with E-state index in [2.05, 4.69) is 15.9 Å². The molecule has 0 amide bonds. The third kappa shape index (κ3) is 2.07. The predicted octanol–water partition coefficient (Wildman–Crippen LogP) is 4.10. The zero-order chi connectivity index (χ0) is 11.7. The molecular weight excluding hydrogens is 278 g/mol. The molecule has 0 radical (unpaired) electrons. The van der Waals surface area contributed by atoms with Crippen LogP contribution in [0.3, 0.4) is 0 Å². The van der Waals surface area contributed by atoms with Gasteiger partial charge in [-0.25, -0.2) is 8.78 Å². The Labute approximate surface area is 99.5 Å². The minimum Gasteiger partial charge on any atom is -0.507 e. The van der Waals surface area contributed by atoms with Gasteiger partial charge in [0.1, 0.15) is 17.4 Å². The molecule has 0 atom stereocenters. The molecule has 0 unspecified atom stereocenters. The lowest BCUT2D eigenvalue weighted by atomic mass is 10.0. The Balaban J connectivity index is 2.66. The zero-order valence-corrected chi connectivity index (χ0v) is 9.63. The standard InChI is InChI=1S/C12H7BrF2O/c13-7-1-3-11(15)9(5-7)10-6-8(14)2-4-12(10)16/h1-6,16H. The van der Waals surface area contributed by atoms with Gasteiger partial charge in [0.25, 0.3) is 0 Å². The first-order chi connectivity index (χ1) is 7.58. The van der Waals surface area contributed by atoms with E-state index in [0.29, 0.717) is 4.47 Å². The molecule has 0 aromatic heterocycles. The second-order valence-corrected chi connectivity index (χ2v) is 4.20. The Morgan fingerprint density at radius 2 is 1.69 bits per heavy atom. The molecule has 0 bridgehead atoms. The summed E-state index contributed by atoms with van der Waals surface area (Å²) in [6.07, 6.45) is 0. The van der Waals surface area contributed by atoms with Crippen molar-refractivity contribution in [1.82, 2.24) is 0 Å². The van der Waals surface area contributed by atoms with Gasteiger partial charge < -0.3 is 5.11 Å². The first kappa shape index (κ1) is 11.1. The third-order valence-corrected chi connectivity index (χ3v) is 2.67. The van der Waals surface area contributed by atoms with E-state index in [-0.39, 0.29) is 16.9 Å². The van der Waals surface area contributed by atoms with E-state index in [4.69, 9.17) is 0 Å². The van der Waals surface area contributed by atoms with Crippen LogP contribution in [0.1, 0.15) is 0 Å². The first-order valence-corrected chi connectivity index (χ1v) is 5.31. The van der Waals surface area contributed by atoms with Crippen LogP contribution in [-0.4, -0.2) is 5.11 Å². The number of phenols is 1. The van der Waals surface area contributed by atoms with E-state index < -0.39 is 11.6 Å². The molecule has 0 saturated heterocycles. The van der Waals surface area contributed by atoms with Gasteiger partial charge in [0.05, 0.1) is 0 Å². The van der Waals surface area contributed by atoms with Gasteiger partial charge in [-0.2, -0.15) is 0 Å². The molecule has 2 aromatic carbocycles. The van der Waals surface area contributed by atoms with Crippen molar-refractivity contribution in [2.75, 3.05) is 0 Å². The van der Waals surface area contributed by atoms with Crippen molar-refractivity contribution < 1.29 is 13.9 Å². The van der Waals surface area contributed by atoms with Crippen LogP contribution in [0, 0.1) is 11.6 Å². The van der Waals surface area contributed by atoms with E-state index in [1.807, 2.05) is 0 Å². The molecule has 2 aromatic rings. The van der Waals surface area contributed by atoms with E-state index in [1.165, 1.54) is 24.3 Å². The SMILES string of the molecule is Oc1ccc(F)cc1-c1cc(Br)ccc1F. The van der Waals surface area contributed by atoms with Crippen LogP contribution >= 0.6 is 15.9 Å². The van der Waals surface area contributed by atoms with Crippen molar-refractivity contribution in [2.24, 2.45) is 0 Å². The van der Waals surface area contributed by atoms with Gasteiger partial charge in [-0.15, -0.1) is 0 Å². The molecule has 0 aliphatic rings. The predicted molar refractivity (Wildman–Crippen MR) is 61.2 cm³/mol. The molecule has 0 heterocycles. The lowest BCUT2D eigenvalue weighted by Crippen LogP contribution is -1.86. The fourth-order valence-electron chi connectivity index (χ4n) is 1.43. The fraction of sp³-hybridized carbons (Fsp3) is 0. The van der Waals surface area contributed by atoms with Crippen LogP contribution in [0.25, 0.3) is 11.1 Å². The van der Waals surface area contributed by atoms with Gasteiger partial charge in [-0.05, 0) is 36.4 Å². The van der Waals surface area contributed by atoms with Crippen molar-refractivity contribution in [3.8, 4) is 16.9 Å². The van der Waals surface area contributed by atoms with Crippen LogP contribution in [0.5, 0.6) is 5.75 Å². The number of rotatable bonds is 1. The van der Waals surface area contributed by atoms with Gasteiger partial charge in [-0.3, -0.25) is 0 Å². The van der Waals surface area contributed by atoms with E-state index >= 15 is 0 Å². The van der Waals surface area contributed by atoms with Gasteiger partial charge in [0.2, 0.25) is 0 Å². The Morgan fingerprint density at radius 1 is 0.938 bits per heavy atom. The summed E-state index contributed by atoms with van der Waals surface area (Å²) in [6, 6.07) is 7.70. The van der Waals surface area contributed by atoms with Crippen LogP contribution in [-0.2, 0) is 0 Å². The van der Waals surface area contributed by atoms with Crippen molar-refractivity contribution in [1.29, 1.82) is 0 Å². The lowest BCUT2D eigenvalue weighted by Gasteiger charge is -2.06. The van der Waals surface area contributed by atoms with Crippen LogP contribution in [0.4, 0.5) is 8.78 Å². The summed E-state index contributed by atoms with van der Waals surface area (Å²) in [5, 5.41) is 9.56. The Hall–Kier alpha value is -1.42. The van der Waals surface area contributed by atoms with Crippen LogP contribution < -0.4 is 0 Å². The summed E-state index contributed by atoms with van der Waals surface area (Å²) in [7, 11) is 0. The van der Waals surface area contributed by atoms with E-state index in [1.54, 1.807) is 0 Å². The molecule has 16 heavy (non-hydrogen) atoms. The monoisotopic (exact) mass is 284 g/mol. The molecule has 0 aliphatic carbocycles. The maximum Gasteiger partial charge on any atom is 0.131 e. The summed E-state index contributed by atoms with van der Waals surface area (Å²) in [5.41, 5.74) is 0.296. The highest BCUT2D eigenvalue weighted by Crippen LogP contribution is 2.33. The van der Waals surface area contributed by atoms with Crippen molar-refractivity contribution >= 4 is 15.9 Å². The molecule has 0 saturated carbocycles. The van der Waals surface area contributed by atoms with Crippen LogP contribution in [0.2, 0.25) is 0 Å². The molecule has 2 rings (SSSR count). The number of hydrogen-bond acceptors (Lipinski definition) is 1. The number of aromatic hydroxyl groups is 1. The van der Waals surface area contributed by atoms with E-state index in [9.17, 15) is 13.9 Å². The number of phenolic OH excluding ortho intramolecular Hbond substituents is 1. The zero-order valence-electron chi connectivity index (χ0n) is 8.05.